The molecule has 3 aromatic carbocycles. The minimum atomic E-state index is -0.142. The second-order valence-corrected chi connectivity index (χ2v) is 6.83. The summed E-state index contributed by atoms with van der Waals surface area (Å²) in [5.41, 5.74) is 2.42. The lowest BCUT2D eigenvalue weighted by Gasteiger charge is -2.16. The Morgan fingerprint density at radius 3 is 2.43 bits per heavy atom. The molecule has 5 heteroatoms. The fourth-order valence-corrected chi connectivity index (χ4v) is 3.09. The fourth-order valence-electron chi connectivity index (χ4n) is 3.09. The minimum absolute atomic E-state index is 0.0956. The molecule has 0 bridgehead atoms. The third kappa shape index (κ3) is 5.54. The summed E-state index contributed by atoms with van der Waals surface area (Å²) < 4.78 is 16.9. The summed E-state index contributed by atoms with van der Waals surface area (Å²) in [5.74, 6) is 1.97. The van der Waals surface area contributed by atoms with E-state index in [4.69, 9.17) is 14.2 Å². The van der Waals surface area contributed by atoms with E-state index < -0.39 is 0 Å². The summed E-state index contributed by atoms with van der Waals surface area (Å²) in [5, 5.41) is 3.04. The molecule has 3 aromatic rings. The van der Waals surface area contributed by atoms with Gasteiger partial charge in [-0.3, -0.25) is 4.79 Å². The van der Waals surface area contributed by atoms with Crippen LogP contribution in [-0.4, -0.2) is 19.6 Å². The highest BCUT2D eigenvalue weighted by atomic mass is 16.5. The standard InChI is InChI=1S/C25H27NO4/c1-4-29-24-14-13-20(25(27)26-18(2)19-9-6-5-7-10-19)15-21(24)17-30-23-12-8-11-22(16-23)28-3/h5-16,18H,4,17H2,1-3H3,(H,26,27)/t18-/m1/s1. The van der Waals surface area contributed by atoms with Gasteiger partial charge < -0.3 is 19.5 Å². The zero-order chi connectivity index (χ0) is 21.3. The summed E-state index contributed by atoms with van der Waals surface area (Å²) in [6.45, 7) is 4.70. The Bertz CT molecular complexity index is 972. The van der Waals surface area contributed by atoms with Gasteiger partial charge in [0.05, 0.1) is 19.8 Å². The maximum Gasteiger partial charge on any atom is 0.251 e. The molecule has 1 amide bonds. The Morgan fingerprint density at radius 1 is 0.933 bits per heavy atom. The number of benzene rings is 3. The van der Waals surface area contributed by atoms with E-state index in [1.165, 1.54) is 0 Å². The highest BCUT2D eigenvalue weighted by Gasteiger charge is 2.14. The number of carbonyl (C=O) groups is 1. The van der Waals surface area contributed by atoms with Crippen molar-refractivity contribution in [3.05, 3.63) is 89.5 Å². The molecule has 0 heterocycles. The van der Waals surface area contributed by atoms with Crippen LogP contribution < -0.4 is 19.5 Å². The number of carbonyl (C=O) groups excluding carboxylic acids is 1. The van der Waals surface area contributed by atoms with E-state index in [0.29, 0.717) is 23.7 Å². The van der Waals surface area contributed by atoms with Crippen LogP contribution in [0.4, 0.5) is 0 Å². The summed E-state index contributed by atoms with van der Waals surface area (Å²) in [4.78, 5) is 12.8. The Hall–Kier alpha value is -3.47. The number of rotatable bonds is 9. The van der Waals surface area contributed by atoms with Crippen LogP contribution in [0.2, 0.25) is 0 Å². The van der Waals surface area contributed by atoms with E-state index in [2.05, 4.69) is 5.32 Å². The normalized spacial score (nSPS) is 11.4. The van der Waals surface area contributed by atoms with Gasteiger partial charge >= 0.3 is 0 Å². The number of hydrogen-bond donors (Lipinski definition) is 1. The van der Waals surface area contributed by atoms with Crippen molar-refractivity contribution in [3.63, 3.8) is 0 Å². The topological polar surface area (TPSA) is 56.8 Å². The van der Waals surface area contributed by atoms with Crippen LogP contribution in [-0.2, 0) is 6.61 Å². The molecule has 0 radical (unpaired) electrons. The van der Waals surface area contributed by atoms with Gasteiger partial charge in [-0.1, -0.05) is 36.4 Å². The molecule has 5 nitrogen and oxygen atoms in total. The molecule has 0 aromatic heterocycles. The molecule has 0 saturated heterocycles. The zero-order valence-electron chi connectivity index (χ0n) is 17.6. The van der Waals surface area contributed by atoms with Crippen LogP contribution in [0.3, 0.4) is 0 Å². The molecule has 1 N–H and O–H groups in total. The quantitative estimate of drug-likeness (QED) is 0.534. The van der Waals surface area contributed by atoms with Crippen LogP contribution in [0, 0.1) is 0 Å². The first-order chi connectivity index (χ1) is 14.6. The zero-order valence-corrected chi connectivity index (χ0v) is 17.6. The fraction of sp³-hybridized carbons (Fsp3) is 0.240. The second-order valence-electron chi connectivity index (χ2n) is 6.83. The van der Waals surface area contributed by atoms with E-state index in [1.807, 2.05) is 80.6 Å². The van der Waals surface area contributed by atoms with Crippen LogP contribution in [0.1, 0.15) is 41.4 Å². The van der Waals surface area contributed by atoms with Gasteiger partial charge in [-0.15, -0.1) is 0 Å². The molecule has 0 unspecified atom stereocenters. The maximum atomic E-state index is 12.8. The van der Waals surface area contributed by atoms with Crippen molar-refractivity contribution in [2.45, 2.75) is 26.5 Å². The number of amides is 1. The van der Waals surface area contributed by atoms with Crippen molar-refractivity contribution in [1.29, 1.82) is 0 Å². The molecule has 3 rings (SSSR count). The van der Waals surface area contributed by atoms with E-state index in [-0.39, 0.29) is 18.6 Å². The molecule has 0 fully saturated rings. The first-order valence-corrected chi connectivity index (χ1v) is 9.99. The predicted octanol–water partition coefficient (Wildman–Crippen LogP) is 5.16. The Morgan fingerprint density at radius 2 is 1.70 bits per heavy atom. The maximum absolute atomic E-state index is 12.8. The molecule has 0 aliphatic rings. The summed E-state index contributed by atoms with van der Waals surface area (Å²) >= 11 is 0. The van der Waals surface area contributed by atoms with Gasteiger partial charge in [0.2, 0.25) is 0 Å². The lowest BCUT2D eigenvalue weighted by atomic mass is 10.1. The van der Waals surface area contributed by atoms with Gasteiger partial charge in [-0.2, -0.15) is 0 Å². The van der Waals surface area contributed by atoms with Crippen molar-refractivity contribution in [2.75, 3.05) is 13.7 Å². The smallest absolute Gasteiger partial charge is 0.251 e. The third-order valence-electron chi connectivity index (χ3n) is 4.71. The lowest BCUT2D eigenvalue weighted by Crippen LogP contribution is -2.26. The Labute approximate surface area is 177 Å². The van der Waals surface area contributed by atoms with Gasteiger partial charge in [0.25, 0.3) is 5.91 Å². The lowest BCUT2D eigenvalue weighted by molar-refractivity contribution is 0.0939. The second kappa shape index (κ2) is 10.3. The van der Waals surface area contributed by atoms with E-state index in [9.17, 15) is 4.79 Å². The van der Waals surface area contributed by atoms with Crippen molar-refractivity contribution in [2.24, 2.45) is 0 Å². The molecule has 0 saturated carbocycles. The molecule has 0 spiro atoms. The third-order valence-corrected chi connectivity index (χ3v) is 4.71. The summed E-state index contributed by atoms with van der Waals surface area (Å²) in [6, 6.07) is 22.6. The first-order valence-electron chi connectivity index (χ1n) is 9.99. The van der Waals surface area contributed by atoms with Gasteiger partial charge in [0.15, 0.2) is 0 Å². The molecule has 0 aliphatic carbocycles. The van der Waals surface area contributed by atoms with E-state index >= 15 is 0 Å². The van der Waals surface area contributed by atoms with Crippen molar-refractivity contribution in [3.8, 4) is 17.2 Å². The van der Waals surface area contributed by atoms with E-state index in [1.54, 1.807) is 13.2 Å². The predicted molar refractivity (Wildman–Crippen MR) is 117 cm³/mol. The number of hydrogen-bond acceptors (Lipinski definition) is 4. The Kier molecular flexibility index (Phi) is 7.33. The molecular weight excluding hydrogens is 378 g/mol. The van der Waals surface area contributed by atoms with Gasteiger partial charge in [0.1, 0.15) is 23.9 Å². The molecule has 30 heavy (non-hydrogen) atoms. The number of nitrogens with one attached hydrogen (secondary N) is 1. The van der Waals surface area contributed by atoms with Gasteiger partial charge in [-0.05, 0) is 49.7 Å². The highest BCUT2D eigenvalue weighted by Crippen LogP contribution is 2.25. The SMILES string of the molecule is CCOc1ccc(C(=O)N[C@H](C)c2ccccc2)cc1COc1cccc(OC)c1. The van der Waals surface area contributed by atoms with Gasteiger partial charge in [0, 0.05) is 17.2 Å². The van der Waals surface area contributed by atoms with Crippen molar-refractivity contribution in [1.82, 2.24) is 5.32 Å². The van der Waals surface area contributed by atoms with Crippen LogP contribution >= 0.6 is 0 Å². The average molecular weight is 405 g/mol. The van der Waals surface area contributed by atoms with Crippen LogP contribution in [0.25, 0.3) is 0 Å². The minimum Gasteiger partial charge on any atom is -0.497 e. The van der Waals surface area contributed by atoms with Crippen molar-refractivity contribution >= 4 is 5.91 Å². The summed E-state index contributed by atoms with van der Waals surface area (Å²) in [7, 11) is 1.62. The summed E-state index contributed by atoms with van der Waals surface area (Å²) in [6.07, 6.45) is 0. The number of methoxy groups -OCH3 is 1. The number of ether oxygens (including phenoxy) is 3. The monoisotopic (exact) mass is 405 g/mol. The van der Waals surface area contributed by atoms with Crippen LogP contribution in [0.5, 0.6) is 17.2 Å². The van der Waals surface area contributed by atoms with Crippen LogP contribution in [0.15, 0.2) is 72.8 Å². The molecule has 1 atom stereocenters. The largest absolute Gasteiger partial charge is 0.497 e. The average Bonchev–Trinajstić information content (AvgIpc) is 2.79. The molecular formula is C25H27NO4. The Balaban J connectivity index is 1.75. The first kappa shape index (κ1) is 21.2. The molecule has 156 valence electrons. The van der Waals surface area contributed by atoms with E-state index in [0.717, 1.165) is 16.9 Å². The molecule has 0 aliphatic heterocycles. The van der Waals surface area contributed by atoms with Gasteiger partial charge in [-0.25, -0.2) is 0 Å². The van der Waals surface area contributed by atoms with Crippen molar-refractivity contribution < 1.29 is 19.0 Å². The highest BCUT2D eigenvalue weighted by molar-refractivity contribution is 5.94.